The second-order valence-electron chi connectivity index (χ2n) is 4.67. The van der Waals surface area contributed by atoms with Crippen molar-refractivity contribution in [2.24, 2.45) is 0 Å². The summed E-state index contributed by atoms with van der Waals surface area (Å²) in [6.45, 7) is 2.18. The second kappa shape index (κ2) is 4.36. The van der Waals surface area contributed by atoms with Crippen LogP contribution in [-0.2, 0) is 6.42 Å². The largest absolute Gasteiger partial charge is 0.321 e. The molecule has 1 heterocycles. The van der Waals surface area contributed by atoms with Gasteiger partial charge in [0.05, 0.1) is 17.1 Å². The molecule has 0 radical (unpaired) electrons. The van der Waals surface area contributed by atoms with Crippen LogP contribution in [0.25, 0.3) is 11.0 Å². The number of para-hydroxylation sites is 2. The molecule has 1 aliphatic carbocycles. The number of fused-ring (bicyclic) bond motifs is 1. The first kappa shape index (κ1) is 10.6. The van der Waals surface area contributed by atoms with Gasteiger partial charge in [-0.15, -0.1) is 0 Å². The molecular weight excluding hydrogens is 208 g/mol. The van der Waals surface area contributed by atoms with Crippen molar-refractivity contribution in [2.45, 2.75) is 38.6 Å². The van der Waals surface area contributed by atoms with Crippen molar-refractivity contribution in [3.8, 4) is 0 Å². The van der Waals surface area contributed by atoms with Gasteiger partial charge in [-0.3, -0.25) is 0 Å². The van der Waals surface area contributed by atoms with Crippen LogP contribution in [0.4, 0.5) is 0 Å². The van der Waals surface area contributed by atoms with Crippen LogP contribution in [0.2, 0.25) is 0 Å². The van der Waals surface area contributed by atoms with Gasteiger partial charge in [-0.05, 0) is 31.4 Å². The minimum atomic E-state index is 0.506. The normalized spacial score (nSPS) is 19.9. The molecule has 1 unspecified atom stereocenters. The third-order valence-electron chi connectivity index (χ3n) is 3.55. The molecule has 1 aromatic heterocycles. The Morgan fingerprint density at radius 1 is 1.35 bits per heavy atom. The van der Waals surface area contributed by atoms with E-state index in [4.69, 9.17) is 4.98 Å². The Bertz CT molecular complexity index is 551. The van der Waals surface area contributed by atoms with E-state index in [9.17, 15) is 0 Å². The van der Waals surface area contributed by atoms with E-state index in [0.717, 1.165) is 11.9 Å². The highest BCUT2D eigenvalue weighted by Gasteiger charge is 2.17. The maximum atomic E-state index is 4.74. The van der Waals surface area contributed by atoms with E-state index in [1.807, 2.05) is 0 Å². The molecule has 0 saturated heterocycles. The standard InChI is InChI=1S/C15H18N2/c1-2-15-16-13-10-6-7-11-14(13)17(15)12-8-4-3-5-9-12/h4,6-8,10-12H,2-3,5,9H2,1H3. The summed E-state index contributed by atoms with van der Waals surface area (Å²) in [7, 11) is 0. The molecule has 17 heavy (non-hydrogen) atoms. The fourth-order valence-electron chi connectivity index (χ4n) is 2.72. The molecular formula is C15H18N2. The van der Waals surface area contributed by atoms with Crippen LogP contribution in [0, 0.1) is 0 Å². The van der Waals surface area contributed by atoms with Gasteiger partial charge in [0.15, 0.2) is 0 Å². The molecule has 0 spiro atoms. The van der Waals surface area contributed by atoms with Crippen LogP contribution < -0.4 is 0 Å². The van der Waals surface area contributed by atoms with Gasteiger partial charge in [-0.25, -0.2) is 4.98 Å². The van der Waals surface area contributed by atoms with Crippen molar-refractivity contribution < 1.29 is 0 Å². The molecule has 0 bridgehead atoms. The number of imidazole rings is 1. The lowest BCUT2D eigenvalue weighted by atomic mass is 10.0. The Morgan fingerprint density at radius 3 is 3.00 bits per heavy atom. The van der Waals surface area contributed by atoms with Crippen LogP contribution >= 0.6 is 0 Å². The summed E-state index contributed by atoms with van der Waals surface area (Å²) < 4.78 is 2.42. The Labute approximate surface area is 102 Å². The smallest absolute Gasteiger partial charge is 0.110 e. The first-order valence-electron chi connectivity index (χ1n) is 6.52. The molecule has 88 valence electrons. The highest BCUT2D eigenvalue weighted by atomic mass is 15.1. The average Bonchev–Trinajstić information content (AvgIpc) is 2.78. The Morgan fingerprint density at radius 2 is 2.24 bits per heavy atom. The average molecular weight is 226 g/mol. The van der Waals surface area contributed by atoms with Gasteiger partial charge in [-0.1, -0.05) is 31.2 Å². The summed E-state index contributed by atoms with van der Waals surface area (Å²) in [5.74, 6) is 1.21. The van der Waals surface area contributed by atoms with Crippen molar-refractivity contribution in [1.82, 2.24) is 9.55 Å². The minimum Gasteiger partial charge on any atom is -0.321 e. The molecule has 0 amide bonds. The summed E-state index contributed by atoms with van der Waals surface area (Å²) in [6, 6.07) is 8.97. The Kier molecular flexibility index (Phi) is 2.71. The molecule has 0 aliphatic heterocycles. The van der Waals surface area contributed by atoms with Gasteiger partial charge in [0.1, 0.15) is 5.82 Å². The van der Waals surface area contributed by atoms with Gasteiger partial charge in [0, 0.05) is 6.42 Å². The zero-order valence-corrected chi connectivity index (χ0v) is 10.3. The number of hydrogen-bond acceptors (Lipinski definition) is 1. The molecule has 0 fully saturated rings. The van der Waals surface area contributed by atoms with Crippen LogP contribution in [0.5, 0.6) is 0 Å². The van der Waals surface area contributed by atoms with E-state index >= 15 is 0 Å². The van der Waals surface area contributed by atoms with E-state index in [1.54, 1.807) is 0 Å². The second-order valence-corrected chi connectivity index (χ2v) is 4.67. The first-order valence-corrected chi connectivity index (χ1v) is 6.52. The number of nitrogens with zero attached hydrogens (tertiary/aromatic N) is 2. The van der Waals surface area contributed by atoms with Crippen molar-refractivity contribution in [3.05, 3.63) is 42.2 Å². The first-order chi connectivity index (χ1) is 8.40. The number of aryl methyl sites for hydroxylation is 1. The lowest BCUT2D eigenvalue weighted by Crippen LogP contribution is -2.11. The number of benzene rings is 1. The third-order valence-corrected chi connectivity index (χ3v) is 3.55. The summed E-state index contributed by atoms with van der Waals surface area (Å²) in [5.41, 5.74) is 2.41. The van der Waals surface area contributed by atoms with Crippen LogP contribution in [-0.4, -0.2) is 9.55 Å². The maximum Gasteiger partial charge on any atom is 0.110 e. The third kappa shape index (κ3) is 1.78. The number of allylic oxidation sites excluding steroid dienone is 2. The van der Waals surface area contributed by atoms with Gasteiger partial charge in [-0.2, -0.15) is 0 Å². The summed E-state index contributed by atoms with van der Waals surface area (Å²) in [6.07, 6.45) is 9.41. The van der Waals surface area contributed by atoms with E-state index in [0.29, 0.717) is 6.04 Å². The number of aromatic nitrogens is 2. The topological polar surface area (TPSA) is 17.8 Å². The molecule has 0 saturated carbocycles. The van der Waals surface area contributed by atoms with Gasteiger partial charge >= 0.3 is 0 Å². The van der Waals surface area contributed by atoms with Gasteiger partial charge in [0.2, 0.25) is 0 Å². The molecule has 2 heteroatoms. The van der Waals surface area contributed by atoms with Gasteiger partial charge in [0.25, 0.3) is 0 Å². The summed E-state index contributed by atoms with van der Waals surface area (Å²) in [5, 5.41) is 0. The molecule has 3 rings (SSSR count). The van der Waals surface area contributed by atoms with E-state index in [2.05, 4.69) is 47.9 Å². The van der Waals surface area contributed by atoms with E-state index in [1.165, 1.54) is 30.6 Å². The van der Waals surface area contributed by atoms with Crippen LogP contribution in [0.15, 0.2) is 36.4 Å². The molecule has 2 aromatic rings. The van der Waals surface area contributed by atoms with Crippen LogP contribution in [0.3, 0.4) is 0 Å². The summed E-state index contributed by atoms with van der Waals surface area (Å²) >= 11 is 0. The molecule has 1 aromatic carbocycles. The predicted octanol–water partition coefficient (Wildman–Crippen LogP) is 3.88. The quantitative estimate of drug-likeness (QED) is 0.710. The molecule has 1 atom stereocenters. The minimum absolute atomic E-state index is 0.506. The van der Waals surface area contributed by atoms with Crippen LogP contribution in [0.1, 0.15) is 38.1 Å². The van der Waals surface area contributed by atoms with Crippen molar-refractivity contribution in [3.63, 3.8) is 0 Å². The van der Waals surface area contributed by atoms with E-state index < -0.39 is 0 Å². The number of hydrogen-bond donors (Lipinski definition) is 0. The molecule has 1 aliphatic rings. The highest BCUT2D eigenvalue weighted by molar-refractivity contribution is 5.76. The number of rotatable bonds is 2. The van der Waals surface area contributed by atoms with Crippen molar-refractivity contribution in [1.29, 1.82) is 0 Å². The maximum absolute atomic E-state index is 4.74. The molecule has 2 nitrogen and oxygen atoms in total. The predicted molar refractivity (Wildman–Crippen MR) is 71.1 cm³/mol. The Hall–Kier alpha value is -1.57. The fourth-order valence-corrected chi connectivity index (χ4v) is 2.72. The lowest BCUT2D eigenvalue weighted by molar-refractivity contribution is 0.513. The zero-order chi connectivity index (χ0) is 11.7. The highest BCUT2D eigenvalue weighted by Crippen LogP contribution is 2.28. The monoisotopic (exact) mass is 226 g/mol. The van der Waals surface area contributed by atoms with Gasteiger partial charge < -0.3 is 4.57 Å². The van der Waals surface area contributed by atoms with E-state index in [-0.39, 0.29) is 0 Å². The Balaban J connectivity index is 2.18. The SMILES string of the molecule is CCc1nc2ccccc2n1C1C=CCCC1. The zero-order valence-electron chi connectivity index (χ0n) is 10.3. The van der Waals surface area contributed by atoms with Crippen molar-refractivity contribution in [2.75, 3.05) is 0 Å². The molecule has 0 N–H and O–H groups in total. The summed E-state index contributed by atoms with van der Waals surface area (Å²) in [4.78, 5) is 4.74. The van der Waals surface area contributed by atoms with Crippen molar-refractivity contribution >= 4 is 11.0 Å². The lowest BCUT2D eigenvalue weighted by Gasteiger charge is -2.21. The fraction of sp³-hybridized carbons (Fsp3) is 0.400.